The van der Waals surface area contributed by atoms with Crippen LogP contribution in [0.4, 0.5) is 13.9 Å². The van der Waals surface area contributed by atoms with E-state index in [0.717, 1.165) is 22.5 Å². The quantitative estimate of drug-likeness (QED) is 0.471. The summed E-state index contributed by atoms with van der Waals surface area (Å²) in [5.74, 6) is -5.03. The molecule has 11 heteroatoms. The van der Waals surface area contributed by atoms with Crippen LogP contribution in [0, 0.1) is 12.8 Å². The number of fused-ring (bicyclic) bond motifs is 3. The number of nitrogens with one attached hydrogen (secondary N) is 1. The lowest BCUT2D eigenvalue weighted by molar-refractivity contribution is -0.119. The average molecular weight is 442 g/mol. The highest BCUT2D eigenvalue weighted by atomic mass is 32.1. The summed E-state index contributed by atoms with van der Waals surface area (Å²) in [6, 6.07) is 3.53. The highest BCUT2D eigenvalue weighted by Crippen LogP contribution is 2.49. The van der Waals surface area contributed by atoms with Crippen LogP contribution in [-0.2, 0) is 4.79 Å². The molecule has 1 aliphatic rings. The molecule has 0 saturated heterocycles. The lowest BCUT2D eigenvalue weighted by Crippen LogP contribution is -2.17. The van der Waals surface area contributed by atoms with Gasteiger partial charge in [-0.25, -0.2) is 23.3 Å². The summed E-state index contributed by atoms with van der Waals surface area (Å²) in [5, 5.41) is 6.95. The third-order valence-corrected chi connectivity index (χ3v) is 6.24. The van der Waals surface area contributed by atoms with E-state index >= 15 is 0 Å². The van der Waals surface area contributed by atoms with Gasteiger partial charge in [0.25, 0.3) is 5.92 Å². The highest BCUT2D eigenvalue weighted by molar-refractivity contribution is 7.22. The summed E-state index contributed by atoms with van der Waals surface area (Å²) in [6.07, 6.45) is 2.95. The number of anilines is 1. The van der Waals surface area contributed by atoms with Crippen molar-refractivity contribution in [3.05, 3.63) is 35.9 Å². The van der Waals surface area contributed by atoms with Crippen LogP contribution in [0.25, 0.3) is 27.1 Å². The lowest BCUT2D eigenvalue weighted by atomic mass is 10.0. The minimum atomic E-state index is -2.94. The predicted molar refractivity (Wildman–Crippen MR) is 110 cm³/mol. The molecule has 0 aromatic carbocycles. The molecule has 31 heavy (non-hydrogen) atoms. The standard InChI is InChI=1S/C20H16F2N6O2S/c1-3-15(29)13-4-9(2)11(7-23-13)10-5-14-18(28-16(10)24-8-25-28)31-19(26-14)27-17(30)12-6-20(12,21)22/h4-5,7-8,12H,3,6H2,1-2H3,(H,26,27,30)/t12-/m1/s1. The topological polar surface area (TPSA) is 102 Å². The molecule has 0 unspecified atom stereocenters. The second kappa shape index (κ2) is 6.84. The number of Topliss-reactive ketones (excluding diaryl/α,β-unsaturated/α-hetero) is 1. The minimum absolute atomic E-state index is 0.0427. The van der Waals surface area contributed by atoms with Gasteiger partial charge in [0.1, 0.15) is 28.3 Å². The van der Waals surface area contributed by atoms with E-state index < -0.39 is 24.2 Å². The number of alkyl halides is 2. The molecule has 0 aliphatic heterocycles. The molecule has 8 nitrogen and oxygen atoms in total. The number of nitrogens with zero attached hydrogens (tertiary/aromatic N) is 5. The van der Waals surface area contributed by atoms with Gasteiger partial charge in [-0.05, 0) is 24.6 Å². The van der Waals surface area contributed by atoms with Gasteiger partial charge in [0.15, 0.2) is 16.6 Å². The molecule has 5 rings (SSSR count). The Hall–Kier alpha value is -3.34. The second-order valence-corrected chi connectivity index (χ2v) is 8.41. The number of pyridine rings is 2. The maximum absolute atomic E-state index is 13.2. The Balaban J connectivity index is 1.57. The normalized spacial score (nSPS) is 17.2. The largest absolute Gasteiger partial charge is 0.301 e. The van der Waals surface area contributed by atoms with Gasteiger partial charge in [0, 0.05) is 30.2 Å². The van der Waals surface area contributed by atoms with E-state index in [4.69, 9.17) is 0 Å². The van der Waals surface area contributed by atoms with E-state index in [2.05, 4.69) is 25.4 Å². The van der Waals surface area contributed by atoms with Crippen molar-refractivity contribution in [1.29, 1.82) is 0 Å². The first-order valence-electron chi connectivity index (χ1n) is 9.60. The van der Waals surface area contributed by atoms with Gasteiger partial charge < -0.3 is 5.32 Å². The summed E-state index contributed by atoms with van der Waals surface area (Å²) in [6.45, 7) is 3.66. The van der Waals surface area contributed by atoms with Crippen LogP contribution >= 0.6 is 11.3 Å². The van der Waals surface area contributed by atoms with Gasteiger partial charge in [-0.1, -0.05) is 18.3 Å². The third-order valence-electron chi connectivity index (χ3n) is 5.28. The van der Waals surface area contributed by atoms with Gasteiger partial charge in [-0.2, -0.15) is 5.10 Å². The number of halogens is 2. The fourth-order valence-corrected chi connectivity index (χ4v) is 4.37. The molecule has 4 heterocycles. The number of ketones is 1. The van der Waals surface area contributed by atoms with E-state index in [1.165, 1.54) is 6.33 Å². The van der Waals surface area contributed by atoms with Crippen LogP contribution in [0.15, 0.2) is 24.7 Å². The molecule has 0 bridgehead atoms. The van der Waals surface area contributed by atoms with Crippen molar-refractivity contribution in [2.75, 3.05) is 5.32 Å². The summed E-state index contributed by atoms with van der Waals surface area (Å²) in [5.41, 5.74) is 3.81. The Kier molecular flexibility index (Phi) is 4.33. The molecule has 4 aromatic rings. The van der Waals surface area contributed by atoms with Crippen molar-refractivity contribution in [3.63, 3.8) is 0 Å². The second-order valence-electron chi connectivity index (χ2n) is 7.43. The minimum Gasteiger partial charge on any atom is -0.301 e. The van der Waals surface area contributed by atoms with E-state index in [0.29, 0.717) is 33.7 Å². The summed E-state index contributed by atoms with van der Waals surface area (Å²) < 4.78 is 27.9. The number of amides is 1. The number of aromatic nitrogens is 5. The molecule has 1 aliphatic carbocycles. The number of hydrogen-bond acceptors (Lipinski definition) is 7. The molecule has 1 fully saturated rings. The lowest BCUT2D eigenvalue weighted by Gasteiger charge is -2.08. The summed E-state index contributed by atoms with van der Waals surface area (Å²) >= 11 is 1.13. The number of rotatable bonds is 5. The Bertz CT molecular complexity index is 1380. The molecule has 4 aromatic heterocycles. The van der Waals surface area contributed by atoms with Gasteiger partial charge in [0.2, 0.25) is 5.91 Å². The fourth-order valence-electron chi connectivity index (χ4n) is 3.46. The number of aryl methyl sites for hydroxylation is 1. The van der Waals surface area contributed by atoms with Gasteiger partial charge >= 0.3 is 0 Å². The number of hydrogen-bond donors (Lipinski definition) is 1. The maximum Gasteiger partial charge on any atom is 0.260 e. The van der Waals surface area contributed by atoms with Crippen LogP contribution in [0.1, 0.15) is 35.8 Å². The molecule has 158 valence electrons. The number of carbonyl (C=O) groups excluding carboxylic acids is 2. The predicted octanol–water partition coefficient (Wildman–Crippen LogP) is 3.90. The molecular weight excluding hydrogens is 426 g/mol. The van der Waals surface area contributed by atoms with Crippen LogP contribution in [0.3, 0.4) is 0 Å². The first-order chi connectivity index (χ1) is 14.8. The van der Waals surface area contributed by atoms with E-state index in [9.17, 15) is 18.4 Å². The van der Waals surface area contributed by atoms with Crippen LogP contribution < -0.4 is 5.32 Å². The van der Waals surface area contributed by atoms with Crippen LogP contribution in [0.2, 0.25) is 0 Å². The Labute approximate surface area is 178 Å². The molecule has 1 saturated carbocycles. The van der Waals surface area contributed by atoms with Crippen molar-refractivity contribution in [2.24, 2.45) is 5.92 Å². The van der Waals surface area contributed by atoms with Crippen molar-refractivity contribution < 1.29 is 18.4 Å². The number of thiazole rings is 1. The van der Waals surface area contributed by atoms with Crippen molar-refractivity contribution in [1.82, 2.24) is 24.6 Å². The zero-order valence-electron chi connectivity index (χ0n) is 16.5. The molecular formula is C20H16F2N6O2S. The Morgan fingerprint density at radius 3 is 2.74 bits per heavy atom. The summed E-state index contributed by atoms with van der Waals surface area (Å²) in [4.78, 5) is 37.6. The van der Waals surface area contributed by atoms with Crippen LogP contribution in [0.5, 0.6) is 0 Å². The Morgan fingerprint density at radius 1 is 1.29 bits per heavy atom. The van der Waals surface area contributed by atoms with E-state index in [1.54, 1.807) is 29.8 Å². The first-order valence-corrected chi connectivity index (χ1v) is 10.4. The molecule has 0 radical (unpaired) electrons. The average Bonchev–Trinajstić information content (AvgIpc) is 3.09. The fraction of sp³-hybridized carbons (Fsp3) is 0.300. The molecule has 1 atom stereocenters. The van der Waals surface area contributed by atoms with E-state index in [-0.39, 0.29) is 10.9 Å². The zero-order chi connectivity index (χ0) is 21.9. The van der Waals surface area contributed by atoms with Crippen LogP contribution in [-0.4, -0.2) is 42.2 Å². The van der Waals surface area contributed by atoms with Gasteiger partial charge in [0.05, 0.1) is 0 Å². The third kappa shape index (κ3) is 3.25. The maximum atomic E-state index is 13.2. The summed E-state index contributed by atoms with van der Waals surface area (Å²) in [7, 11) is 0. The SMILES string of the molecule is CCC(=O)c1cc(C)c(-c2cc3nc(NC(=O)[C@H]4CC4(F)F)sc3n3ncnc23)cn1. The van der Waals surface area contributed by atoms with E-state index in [1.807, 2.05) is 6.92 Å². The smallest absolute Gasteiger partial charge is 0.260 e. The highest BCUT2D eigenvalue weighted by Gasteiger charge is 2.61. The first kappa shape index (κ1) is 19.6. The van der Waals surface area contributed by atoms with Crippen molar-refractivity contribution in [2.45, 2.75) is 32.6 Å². The monoisotopic (exact) mass is 442 g/mol. The van der Waals surface area contributed by atoms with Crippen molar-refractivity contribution >= 4 is 44.2 Å². The van der Waals surface area contributed by atoms with Gasteiger partial charge in [-0.15, -0.1) is 0 Å². The molecule has 1 amide bonds. The molecule has 1 N–H and O–H groups in total. The zero-order valence-corrected chi connectivity index (χ0v) is 17.3. The number of carbonyl (C=O) groups is 2. The molecule has 0 spiro atoms. The Morgan fingerprint density at radius 2 is 2.06 bits per heavy atom. The van der Waals surface area contributed by atoms with Crippen molar-refractivity contribution in [3.8, 4) is 11.1 Å². The van der Waals surface area contributed by atoms with Gasteiger partial charge in [-0.3, -0.25) is 14.6 Å².